The smallest absolute Gasteiger partial charge is 0.306 e. The van der Waals surface area contributed by atoms with Crippen molar-refractivity contribution in [3.8, 4) is 17.7 Å². The lowest BCUT2D eigenvalue weighted by Gasteiger charge is -2.19. The van der Waals surface area contributed by atoms with Gasteiger partial charge in [0.1, 0.15) is 23.1 Å². The number of aromatic nitrogens is 2. The number of aryl methyl sites for hydroxylation is 1. The lowest BCUT2D eigenvalue weighted by atomic mass is 10.1. The zero-order valence-electron chi connectivity index (χ0n) is 15.2. The van der Waals surface area contributed by atoms with E-state index in [2.05, 4.69) is 9.97 Å². The van der Waals surface area contributed by atoms with E-state index < -0.39 is 5.60 Å². The van der Waals surface area contributed by atoms with Crippen LogP contribution in [0.15, 0.2) is 30.3 Å². The Kier molecular flexibility index (Phi) is 6.12. The van der Waals surface area contributed by atoms with Gasteiger partial charge in [0.05, 0.1) is 0 Å². The largest absolute Gasteiger partial charge is 0.460 e. The molecule has 0 amide bonds. The number of anilines is 1. The number of ether oxygens (including phenoxy) is 2. The van der Waals surface area contributed by atoms with Crippen LogP contribution in [-0.2, 0) is 16.0 Å². The highest BCUT2D eigenvalue weighted by Gasteiger charge is 2.15. The molecule has 136 valence electrons. The Morgan fingerprint density at radius 1 is 1.23 bits per heavy atom. The van der Waals surface area contributed by atoms with Gasteiger partial charge in [-0.15, -0.1) is 0 Å². The fourth-order valence-corrected chi connectivity index (χ4v) is 2.23. The van der Waals surface area contributed by atoms with Crippen molar-refractivity contribution in [2.75, 3.05) is 5.73 Å². The van der Waals surface area contributed by atoms with Crippen LogP contribution in [0, 0.1) is 11.3 Å². The molecule has 1 aromatic carbocycles. The molecule has 0 radical (unpaired) electrons. The minimum Gasteiger partial charge on any atom is -0.460 e. The van der Waals surface area contributed by atoms with Gasteiger partial charge < -0.3 is 15.2 Å². The number of esters is 1. The Morgan fingerprint density at radius 3 is 2.54 bits per heavy atom. The van der Waals surface area contributed by atoms with Crippen LogP contribution in [0.1, 0.15) is 44.9 Å². The molecule has 1 aromatic heterocycles. The van der Waals surface area contributed by atoms with E-state index >= 15 is 0 Å². The molecule has 2 N–H and O–H groups in total. The monoisotopic (exact) mass is 354 g/mol. The van der Waals surface area contributed by atoms with Crippen LogP contribution >= 0.6 is 0 Å². The Morgan fingerprint density at radius 2 is 1.92 bits per heavy atom. The molecule has 0 aliphatic carbocycles. The van der Waals surface area contributed by atoms with Gasteiger partial charge in [-0.2, -0.15) is 10.2 Å². The second-order valence-corrected chi connectivity index (χ2v) is 6.75. The van der Waals surface area contributed by atoms with Gasteiger partial charge in [0.2, 0.25) is 11.8 Å². The van der Waals surface area contributed by atoms with Gasteiger partial charge in [-0.3, -0.25) is 4.79 Å². The second kappa shape index (κ2) is 8.30. The summed E-state index contributed by atoms with van der Waals surface area (Å²) in [5.41, 5.74) is 6.32. The molecule has 0 saturated carbocycles. The number of nitrogen functional groups attached to an aromatic ring is 1. The molecule has 26 heavy (non-hydrogen) atoms. The molecule has 1 heterocycles. The zero-order valence-corrected chi connectivity index (χ0v) is 15.2. The summed E-state index contributed by atoms with van der Waals surface area (Å²) in [5.74, 6) is 0.583. The van der Waals surface area contributed by atoms with E-state index in [-0.39, 0.29) is 23.5 Å². The van der Waals surface area contributed by atoms with Crippen LogP contribution in [0.5, 0.6) is 11.6 Å². The summed E-state index contributed by atoms with van der Waals surface area (Å²) in [5, 5.41) is 8.89. The van der Waals surface area contributed by atoms with Gasteiger partial charge in [-0.25, -0.2) is 4.98 Å². The first kappa shape index (κ1) is 19.2. The van der Waals surface area contributed by atoms with E-state index in [1.165, 1.54) is 6.07 Å². The van der Waals surface area contributed by atoms with Gasteiger partial charge >= 0.3 is 5.97 Å². The average Bonchev–Trinajstić information content (AvgIpc) is 2.54. The first-order chi connectivity index (χ1) is 12.2. The van der Waals surface area contributed by atoms with Crippen molar-refractivity contribution in [3.63, 3.8) is 0 Å². The summed E-state index contributed by atoms with van der Waals surface area (Å²) < 4.78 is 10.9. The summed E-state index contributed by atoms with van der Waals surface area (Å²) in [6.07, 6.45) is 1.86. The Bertz CT molecular complexity index is 805. The molecule has 0 saturated heterocycles. The number of nitrogens with zero attached hydrogens (tertiary/aromatic N) is 3. The van der Waals surface area contributed by atoms with Crippen molar-refractivity contribution in [3.05, 3.63) is 41.6 Å². The van der Waals surface area contributed by atoms with Crippen LogP contribution in [-0.4, -0.2) is 21.5 Å². The lowest BCUT2D eigenvalue weighted by molar-refractivity contribution is -0.154. The molecule has 0 bridgehead atoms. The molecule has 2 aromatic rings. The number of nitriles is 1. The van der Waals surface area contributed by atoms with Crippen LogP contribution in [0.3, 0.4) is 0 Å². The fourth-order valence-electron chi connectivity index (χ4n) is 2.23. The number of carbonyl (C=O) groups is 1. The normalized spacial score (nSPS) is 10.8. The Balaban J connectivity index is 1.88. The van der Waals surface area contributed by atoms with Crippen LogP contribution in [0.4, 0.5) is 5.95 Å². The summed E-state index contributed by atoms with van der Waals surface area (Å²) in [7, 11) is 0. The van der Waals surface area contributed by atoms with E-state index in [1.54, 1.807) is 12.1 Å². The van der Waals surface area contributed by atoms with Crippen molar-refractivity contribution < 1.29 is 14.3 Å². The quantitative estimate of drug-likeness (QED) is 0.791. The maximum absolute atomic E-state index is 11.7. The molecule has 0 aliphatic heterocycles. The van der Waals surface area contributed by atoms with Crippen molar-refractivity contribution in [1.29, 1.82) is 5.26 Å². The van der Waals surface area contributed by atoms with E-state index in [0.717, 1.165) is 12.0 Å². The lowest BCUT2D eigenvalue weighted by Crippen LogP contribution is -2.23. The summed E-state index contributed by atoms with van der Waals surface area (Å²) in [6.45, 7) is 5.57. The topological polar surface area (TPSA) is 111 Å². The van der Waals surface area contributed by atoms with E-state index in [0.29, 0.717) is 18.6 Å². The molecule has 0 fully saturated rings. The molecule has 0 aliphatic rings. The third-order valence-corrected chi connectivity index (χ3v) is 3.25. The minimum atomic E-state index is -0.453. The molecular weight excluding hydrogens is 332 g/mol. The van der Waals surface area contributed by atoms with Crippen LogP contribution < -0.4 is 10.5 Å². The molecule has 7 heteroatoms. The molecule has 0 spiro atoms. The third kappa shape index (κ3) is 6.40. The second-order valence-electron chi connectivity index (χ2n) is 6.75. The zero-order chi connectivity index (χ0) is 19.2. The molecule has 0 unspecified atom stereocenters. The van der Waals surface area contributed by atoms with Crippen molar-refractivity contribution in [2.45, 2.75) is 45.6 Å². The molecule has 7 nitrogen and oxygen atoms in total. The molecular formula is C19H22N4O3. The fraction of sp³-hybridized carbons (Fsp3) is 0.368. The van der Waals surface area contributed by atoms with Crippen molar-refractivity contribution in [2.24, 2.45) is 0 Å². The van der Waals surface area contributed by atoms with E-state index in [1.807, 2.05) is 39.0 Å². The SMILES string of the molecule is CC(C)(C)OC(=O)CCCc1ccc(Oc2cc(C#N)nc(N)n2)cc1. The predicted octanol–water partition coefficient (Wildman–Crippen LogP) is 3.39. The highest BCUT2D eigenvalue weighted by atomic mass is 16.6. The average molecular weight is 354 g/mol. The number of hydrogen-bond donors (Lipinski definition) is 1. The molecule has 2 rings (SSSR count). The van der Waals surface area contributed by atoms with E-state index in [4.69, 9.17) is 20.5 Å². The first-order valence-electron chi connectivity index (χ1n) is 8.28. The van der Waals surface area contributed by atoms with Gasteiger partial charge in [0.15, 0.2) is 0 Å². The van der Waals surface area contributed by atoms with Gasteiger partial charge in [-0.05, 0) is 51.3 Å². The maximum Gasteiger partial charge on any atom is 0.306 e. The van der Waals surface area contributed by atoms with Crippen LogP contribution in [0.25, 0.3) is 0 Å². The highest BCUT2D eigenvalue weighted by molar-refractivity contribution is 5.69. The Hall–Kier alpha value is -3.14. The summed E-state index contributed by atoms with van der Waals surface area (Å²) in [4.78, 5) is 19.4. The van der Waals surface area contributed by atoms with Gasteiger partial charge in [0.25, 0.3) is 0 Å². The van der Waals surface area contributed by atoms with Crippen molar-refractivity contribution in [1.82, 2.24) is 9.97 Å². The number of benzene rings is 1. The highest BCUT2D eigenvalue weighted by Crippen LogP contribution is 2.21. The standard InChI is InChI=1S/C19H22N4O3/c1-19(2,3)26-17(24)6-4-5-13-7-9-15(10-8-13)25-16-11-14(12-20)22-18(21)23-16/h7-11H,4-6H2,1-3H3,(H2,21,22,23). The summed E-state index contributed by atoms with van der Waals surface area (Å²) in [6, 6.07) is 10.8. The maximum atomic E-state index is 11.7. The van der Waals surface area contributed by atoms with Gasteiger partial charge in [-0.1, -0.05) is 12.1 Å². The Labute approximate surface area is 152 Å². The summed E-state index contributed by atoms with van der Waals surface area (Å²) >= 11 is 0. The van der Waals surface area contributed by atoms with Crippen molar-refractivity contribution >= 4 is 11.9 Å². The van der Waals surface area contributed by atoms with Gasteiger partial charge in [0, 0.05) is 12.5 Å². The minimum absolute atomic E-state index is 0.0159. The van der Waals surface area contributed by atoms with E-state index in [9.17, 15) is 4.79 Å². The first-order valence-corrected chi connectivity index (χ1v) is 8.28. The van der Waals surface area contributed by atoms with Crippen LogP contribution in [0.2, 0.25) is 0 Å². The number of carbonyl (C=O) groups excluding carboxylic acids is 1. The third-order valence-electron chi connectivity index (χ3n) is 3.25. The number of rotatable bonds is 6. The predicted molar refractivity (Wildman–Crippen MR) is 96.5 cm³/mol. The number of nitrogens with two attached hydrogens (primary N) is 1. The molecule has 0 atom stereocenters. The number of hydrogen-bond acceptors (Lipinski definition) is 7.